The highest BCUT2D eigenvalue weighted by molar-refractivity contribution is 9.11. The van der Waals surface area contributed by atoms with Crippen LogP contribution in [0.4, 0.5) is 0 Å². The Morgan fingerprint density at radius 1 is 1.33 bits per heavy atom. The van der Waals surface area contributed by atoms with E-state index in [4.69, 9.17) is 15.1 Å². The summed E-state index contributed by atoms with van der Waals surface area (Å²) in [4.78, 5) is 10.9. The summed E-state index contributed by atoms with van der Waals surface area (Å²) >= 11 is 6.63. The number of nitriles is 1. The van der Waals surface area contributed by atoms with E-state index in [1.165, 1.54) is 12.1 Å². The van der Waals surface area contributed by atoms with Crippen molar-refractivity contribution in [2.75, 3.05) is 6.61 Å². The van der Waals surface area contributed by atoms with Gasteiger partial charge in [0.05, 0.1) is 32.6 Å². The number of hydrogen-bond acceptors (Lipinski definition) is 3. The van der Waals surface area contributed by atoms with Gasteiger partial charge in [-0.2, -0.15) is 5.26 Å². The Labute approximate surface area is 141 Å². The van der Waals surface area contributed by atoms with Gasteiger partial charge in [-0.3, -0.25) is 0 Å². The molecule has 0 heterocycles. The number of hydrogen-bond donors (Lipinski definition) is 1. The fourth-order valence-electron chi connectivity index (χ4n) is 1.72. The molecule has 1 aromatic rings. The Bertz CT molecular complexity index is 542. The number of halogens is 2. The maximum atomic E-state index is 10.9. The minimum absolute atomic E-state index is 0.192. The van der Waals surface area contributed by atoms with Crippen LogP contribution in [0.3, 0.4) is 0 Å². The highest BCUT2D eigenvalue weighted by atomic mass is 79.9. The summed E-state index contributed by atoms with van der Waals surface area (Å²) < 4.78 is 6.89. The molecule has 0 aliphatic carbocycles. The molecule has 0 saturated heterocycles. The molecule has 4 nitrogen and oxygen atoms in total. The van der Waals surface area contributed by atoms with Gasteiger partial charge in [-0.15, -0.1) is 0 Å². The molecule has 0 aliphatic rings. The summed E-state index contributed by atoms with van der Waals surface area (Å²) in [5.41, 5.74) is -0.110. The zero-order valence-corrected chi connectivity index (χ0v) is 15.1. The van der Waals surface area contributed by atoms with Crippen molar-refractivity contribution in [2.45, 2.75) is 33.1 Å². The van der Waals surface area contributed by atoms with E-state index in [1.54, 1.807) is 0 Å². The summed E-state index contributed by atoms with van der Waals surface area (Å²) in [5, 5.41) is 17.9. The summed E-state index contributed by atoms with van der Waals surface area (Å²) in [7, 11) is 0. The Balaban J connectivity index is 2.54. The molecule has 0 spiro atoms. The Kier molecular flexibility index (Phi) is 6.69. The minimum atomic E-state index is -0.985. The molecule has 1 N–H and O–H groups in total. The number of unbranched alkanes of at least 4 members (excludes halogenated alkanes) is 1. The van der Waals surface area contributed by atoms with E-state index in [9.17, 15) is 4.79 Å². The summed E-state index contributed by atoms with van der Waals surface area (Å²) in [6, 6.07) is 5.30. The van der Waals surface area contributed by atoms with Gasteiger partial charge in [0.15, 0.2) is 0 Å². The molecule has 1 rings (SSSR count). The lowest BCUT2D eigenvalue weighted by Crippen LogP contribution is -2.08. The number of carboxylic acids is 1. The van der Waals surface area contributed by atoms with Crippen LogP contribution in [0.25, 0.3) is 0 Å². The average molecular weight is 419 g/mol. The predicted octanol–water partition coefficient (Wildman–Crippen LogP) is 5.01. The van der Waals surface area contributed by atoms with E-state index in [1.807, 2.05) is 13.8 Å². The van der Waals surface area contributed by atoms with E-state index in [-0.39, 0.29) is 11.0 Å². The fourth-order valence-corrected chi connectivity index (χ4v) is 3.14. The number of nitrogens with zero attached hydrogens (tertiary/aromatic N) is 1. The quantitative estimate of drug-likeness (QED) is 0.631. The van der Waals surface area contributed by atoms with Gasteiger partial charge < -0.3 is 9.84 Å². The van der Waals surface area contributed by atoms with Crippen molar-refractivity contribution in [3.8, 4) is 11.8 Å². The number of benzene rings is 1. The van der Waals surface area contributed by atoms with Gasteiger partial charge >= 0.3 is 5.97 Å². The lowest BCUT2D eigenvalue weighted by Gasteiger charge is -2.15. The second-order valence-electron chi connectivity index (χ2n) is 5.38. The van der Waals surface area contributed by atoms with E-state index >= 15 is 0 Å². The molecule has 0 fully saturated rings. The average Bonchev–Trinajstić information content (AvgIpc) is 2.40. The van der Waals surface area contributed by atoms with Crippen molar-refractivity contribution >= 4 is 37.8 Å². The number of ether oxygens (including phenoxy) is 1. The molecule has 1 aromatic carbocycles. The largest absolute Gasteiger partial charge is 0.491 e. The van der Waals surface area contributed by atoms with Gasteiger partial charge in [-0.1, -0.05) is 0 Å². The summed E-state index contributed by atoms with van der Waals surface area (Å²) in [5.74, 6) is -0.388. The van der Waals surface area contributed by atoms with Crippen LogP contribution in [-0.4, -0.2) is 17.7 Å². The third-order valence-electron chi connectivity index (χ3n) is 2.99. The Morgan fingerprint density at radius 2 is 1.90 bits per heavy atom. The smallest absolute Gasteiger partial charge is 0.335 e. The van der Waals surface area contributed by atoms with Crippen molar-refractivity contribution in [1.82, 2.24) is 0 Å². The first-order valence-corrected chi connectivity index (χ1v) is 8.12. The predicted molar refractivity (Wildman–Crippen MR) is 87.5 cm³/mol. The Hall–Kier alpha value is -1.06. The van der Waals surface area contributed by atoms with Gasteiger partial charge in [0.25, 0.3) is 0 Å². The molecule has 0 aromatic heterocycles. The monoisotopic (exact) mass is 417 g/mol. The first kappa shape index (κ1) is 18.0. The standard InChI is InChI=1S/C15H17Br2NO3/c1-15(2,9-18)5-3-4-6-21-13-11(16)7-10(14(19)20)8-12(13)17/h7-8H,3-6H2,1-2H3,(H,19,20). The summed E-state index contributed by atoms with van der Waals surface area (Å²) in [6.45, 7) is 4.36. The fraction of sp³-hybridized carbons (Fsp3) is 0.467. The van der Waals surface area contributed by atoms with Crippen LogP contribution in [-0.2, 0) is 0 Å². The Morgan fingerprint density at radius 3 is 2.38 bits per heavy atom. The van der Waals surface area contributed by atoms with Crippen LogP contribution in [0.5, 0.6) is 5.75 Å². The van der Waals surface area contributed by atoms with Crippen molar-refractivity contribution in [3.63, 3.8) is 0 Å². The number of carboxylic acid groups (broad SMARTS) is 1. The van der Waals surface area contributed by atoms with Crippen LogP contribution in [0.2, 0.25) is 0 Å². The maximum absolute atomic E-state index is 10.9. The molecule has 0 bridgehead atoms. The van der Waals surface area contributed by atoms with Gasteiger partial charge in [-0.25, -0.2) is 4.79 Å². The van der Waals surface area contributed by atoms with E-state index < -0.39 is 5.97 Å². The van der Waals surface area contributed by atoms with Crippen molar-refractivity contribution in [1.29, 1.82) is 5.26 Å². The SMILES string of the molecule is CC(C)(C#N)CCCCOc1c(Br)cc(C(=O)O)cc1Br. The van der Waals surface area contributed by atoms with Crippen LogP contribution in [0.1, 0.15) is 43.5 Å². The lowest BCUT2D eigenvalue weighted by atomic mass is 9.89. The van der Waals surface area contributed by atoms with Gasteiger partial charge in [0.1, 0.15) is 5.75 Å². The van der Waals surface area contributed by atoms with Crippen molar-refractivity contribution in [2.24, 2.45) is 5.41 Å². The highest BCUT2D eigenvalue weighted by Gasteiger charge is 2.16. The first-order valence-electron chi connectivity index (χ1n) is 6.53. The number of rotatable bonds is 7. The number of carbonyl (C=O) groups is 1. The normalized spacial score (nSPS) is 11.0. The lowest BCUT2D eigenvalue weighted by molar-refractivity contribution is 0.0696. The zero-order chi connectivity index (χ0) is 16.0. The molecule has 0 saturated carbocycles. The maximum Gasteiger partial charge on any atom is 0.335 e. The zero-order valence-electron chi connectivity index (χ0n) is 11.9. The highest BCUT2D eigenvalue weighted by Crippen LogP contribution is 2.35. The van der Waals surface area contributed by atoms with Crippen molar-refractivity contribution in [3.05, 3.63) is 26.6 Å². The molecular weight excluding hydrogens is 402 g/mol. The minimum Gasteiger partial charge on any atom is -0.491 e. The molecule has 21 heavy (non-hydrogen) atoms. The van der Waals surface area contributed by atoms with Gasteiger partial charge in [0, 0.05) is 0 Å². The molecular formula is C15H17Br2NO3. The van der Waals surface area contributed by atoms with E-state index in [0.717, 1.165) is 19.3 Å². The molecule has 114 valence electrons. The van der Waals surface area contributed by atoms with Gasteiger partial charge in [-0.05, 0) is 77.1 Å². The van der Waals surface area contributed by atoms with Crippen LogP contribution in [0, 0.1) is 16.7 Å². The molecule has 0 atom stereocenters. The molecule has 0 amide bonds. The first-order chi connectivity index (χ1) is 9.76. The summed E-state index contributed by atoms with van der Waals surface area (Å²) in [6.07, 6.45) is 2.57. The topological polar surface area (TPSA) is 70.3 Å². The second kappa shape index (κ2) is 7.81. The second-order valence-corrected chi connectivity index (χ2v) is 7.08. The van der Waals surface area contributed by atoms with E-state index in [0.29, 0.717) is 21.3 Å². The molecule has 0 radical (unpaired) electrons. The molecule has 0 unspecified atom stereocenters. The van der Waals surface area contributed by atoms with Crippen LogP contribution >= 0.6 is 31.9 Å². The van der Waals surface area contributed by atoms with Crippen LogP contribution < -0.4 is 4.74 Å². The van der Waals surface area contributed by atoms with Gasteiger partial charge in [0.2, 0.25) is 0 Å². The molecule has 6 heteroatoms. The third kappa shape index (κ3) is 5.68. The van der Waals surface area contributed by atoms with Crippen molar-refractivity contribution < 1.29 is 14.6 Å². The van der Waals surface area contributed by atoms with Crippen LogP contribution in [0.15, 0.2) is 21.1 Å². The third-order valence-corrected chi connectivity index (χ3v) is 4.17. The van der Waals surface area contributed by atoms with E-state index in [2.05, 4.69) is 37.9 Å². The molecule has 0 aliphatic heterocycles. The number of aromatic carboxylic acids is 1.